The van der Waals surface area contributed by atoms with Gasteiger partial charge in [-0.1, -0.05) is 122 Å². The van der Waals surface area contributed by atoms with Crippen molar-refractivity contribution in [1.82, 2.24) is 15.6 Å². The average molecular weight is 584 g/mol. The minimum atomic E-state index is -0.209. The Morgan fingerprint density at radius 1 is 0.881 bits per heavy atom. The van der Waals surface area contributed by atoms with E-state index in [4.69, 9.17) is 4.74 Å². The van der Waals surface area contributed by atoms with Crippen LogP contribution < -0.4 is 21.2 Å². The monoisotopic (exact) mass is 584 g/mol. The van der Waals surface area contributed by atoms with Crippen molar-refractivity contribution in [2.24, 2.45) is 0 Å². The standard InChI is InChI=1S/C37H65N3O2/c1-4-5-6-7-8-9-10-11-12-13-14-15-16-17-18-19-20-25-36(41)38-27-26-31-30-39-34-29-37(2,35(42-3)28-33(31)34)40-32-23-21-22-24-32/h28-30,32,35,39-40H,4-27H2,1-3H3,(H,38,41). The molecule has 2 aliphatic carbocycles. The quantitative estimate of drug-likeness (QED) is 0.110. The summed E-state index contributed by atoms with van der Waals surface area (Å²) in [7, 11) is 1.81. The highest BCUT2D eigenvalue weighted by Crippen LogP contribution is 2.25. The second-order valence-electron chi connectivity index (χ2n) is 13.5. The van der Waals surface area contributed by atoms with Crippen LogP contribution in [-0.2, 0) is 16.0 Å². The fraction of sp³-hybridized carbons (Fsp3) is 0.811. The van der Waals surface area contributed by atoms with Crippen molar-refractivity contribution in [2.45, 2.75) is 179 Å². The van der Waals surface area contributed by atoms with Crippen LogP contribution in [0.4, 0.5) is 0 Å². The Kier molecular flexibility index (Phi) is 16.9. The van der Waals surface area contributed by atoms with Crippen molar-refractivity contribution in [3.05, 3.63) is 22.3 Å². The van der Waals surface area contributed by atoms with Gasteiger partial charge in [-0.05, 0) is 50.3 Å². The van der Waals surface area contributed by atoms with Crippen LogP contribution >= 0.6 is 0 Å². The number of fused-ring (bicyclic) bond motifs is 1. The molecule has 0 aromatic carbocycles. The SMILES string of the molecule is CCCCCCCCCCCCCCCCCCCC(=O)NCCc1c[nH]c2c1=CC(OC)C(C)(NC1CCCC1)C=2. The molecule has 42 heavy (non-hydrogen) atoms. The van der Waals surface area contributed by atoms with E-state index in [1.54, 1.807) is 7.11 Å². The molecular weight excluding hydrogens is 518 g/mol. The molecule has 1 aromatic heterocycles. The normalized spacial score (nSPS) is 20.3. The van der Waals surface area contributed by atoms with Crippen LogP contribution in [0.2, 0.25) is 0 Å². The summed E-state index contributed by atoms with van der Waals surface area (Å²) < 4.78 is 5.93. The molecule has 1 fully saturated rings. The number of rotatable bonds is 24. The maximum Gasteiger partial charge on any atom is 0.220 e. The Morgan fingerprint density at radius 2 is 1.43 bits per heavy atom. The third-order valence-corrected chi connectivity index (χ3v) is 9.74. The molecule has 0 aliphatic heterocycles. The van der Waals surface area contributed by atoms with Gasteiger partial charge in [-0.15, -0.1) is 0 Å². The highest BCUT2D eigenvalue weighted by molar-refractivity contribution is 5.75. The minimum absolute atomic E-state index is 0.00513. The second-order valence-corrected chi connectivity index (χ2v) is 13.5. The summed E-state index contributed by atoms with van der Waals surface area (Å²) in [6.07, 6.45) is 36.5. The number of methoxy groups -OCH3 is 1. The summed E-state index contributed by atoms with van der Waals surface area (Å²) in [5.74, 6) is 0.194. The third-order valence-electron chi connectivity index (χ3n) is 9.74. The van der Waals surface area contributed by atoms with Gasteiger partial charge in [0.25, 0.3) is 0 Å². The van der Waals surface area contributed by atoms with E-state index in [0.717, 1.165) is 12.8 Å². The lowest BCUT2D eigenvalue weighted by molar-refractivity contribution is -0.121. The molecule has 0 spiro atoms. The fourth-order valence-corrected chi connectivity index (χ4v) is 7.10. The molecule has 2 aliphatic rings. The molecule has 5 heteroatoms. The van der Waals surface area contributed by atoms with Crippen LogP contribution in [0.15, 0.2) is 6.20 Å². The number of hydrogen-bond donors (Lipinski definition) is 3. The fourth-order valence-electron chi connectivity index (χ4n) is 7.10. The Morgan fingerprint density at radius 3 is 1.98 bits per heavy atom. The first-order valence-electron chi connectivity index (χ1n) is 18.0. The molecule has 1 saturated carbocycles. The Balaban J connectivity index is 1.19. The first-order chi connectivity index (χ1) is 20.6. The molecule has 2 atom stereocenters. The van der Waals surface area contributed by atoms with Gasteiger partial charge < -0.3 is 20.4 Å². The van der Waals surface area contributed by atoms with E-state index in [0.29, 0.717) is 19.0 Å². The van der Waals surface area contributed by atoms with Gasteiger partial charge in [-0.25, -0.2) is 0 Å². The topological polar surface area (TPSA) is 66.2 Å². The van der Waals surface area contributed by atoms with Crippen LogP contribution in [0.25, 0.3) is 12.2 Å². The lowest BCUT2D eigenvalue weighted by Gasteiger charge is -2.37. The largest absolute Gasteiger partial charge is 0.375 e. The van der Waals surface area contributed by atoms with Crippen LogP contribution in [0.3, 0.4) is 0 Å². The third kappa shape index (κ3) is 12.6. The predicted octanol–water partition coefficient (Wildman–Crippen LogP) is 7.60. The summed E-state index contributed by atoms with van der Waals surface area (Å²) in [5, 5.41) is 9.42. The first-order valence-corrected chi connectivity index (χ1v) is 18.0. The number of unbranched alkanes of at least 4 members (excludes halogenated alkanes) is 16. The first kappa shape index (κ1) is 34.9. The molecule has 1 amide bonds. The summed E-state index contributed by atoms with van der Waals surface area (Å²) in [4.78, 5) is 15.9. The highest BCUT2D eigenvalue weighted by Gasteiger charge is 2.36. The van der Waals surface area contributed by atoms with E-state index in [1.807, 2.05) is 0 Å². The molecule has 1 aromatic rings. The number of carbonyl (C=O) groups excluding carboxylic acids is 1. The molecule has 0 saturated heterocycles. The zero-order valence-electron chi connectivity index (χ0n) is 27.7. The van der Waals surface area contributed by atoms with Gasteiger partial charge in [0.15, 0.2) is 0 Å². The van der Waals surface area contributed by atoms with Crippen LogP contribution in [0, 0.1) is 0 Å². The van der Waals surface area contributed by atoms with E-state index in [2.05, 4.69) is 47.8 Å². The Bertz CT molecular complexity index is 980. The maximum absolute atomic E-state index is 12.4. The predicted molar refractivity (Wildman–Crippen MR) is 179 cm³/mol. The zero-order chi connectivity index (χ0) is 29.9. The van der Waals surface area contributed by atoms with Crippen molar-refractivity contribution in [3.63, 3.8) is 0 Å². The van der Waals surface area contributed by atoms with E-state index in [-0.39, 0.29) is 17.6 Å². The van der Waals surface area contributed by atoms with Crippen molar-refractivity contribution in [3.8, 4) is 0 Å². The summed E-state index contributed by atoms with van der Waals surface area (Å²) in [6.45, 7) is 5.22. The minimum Gasteiger partial charge on any atom is -0.375 e. The summed E-state index contributed by atoms with van der Waals surface area (Å²) >= 11 is 0. The van der Waals surface area contributed by atoms with Crippen molar-refractivity contribution in [2.75, 3.05) is 13.7 Å². The van der Waals surface area contributed by atoms with Gasteiger partial charge in [-0.2, -0.15) is 0 Å². The molecule has 5 nitrogen and oxygen atoms in total. The van der Waals surface area contributed by atoms with E-state index < -0.39 is 0 Å². The number of carbonyl (C=O) groups is 1. The van der Waals surface area contributed by atoms with Gasteiger partial charge in [0.05, 0.1) is 11.6 Å². The van der Waals surface area contributed by atoms with Crippen molar-refractivity contribution < 1.29 is 9.53 Å². The highest BCUT2D eigenvalue weighted by atomic mass is 16.5. The lowest BCUT2D eigenvalue weighted by atomic mass is 9.88. The molecule has 240 valence electrons. The average Bonchev–Trinajstić information content (AvgIpc) is 3.63. The molecule has 3 N–H and O–H groups in total. The van der Waals surface area contributed by atoms with Gasteiger partial charge in [0.2, 0.25) is 5.91 Å². The second kappa shape index (κ2) is 20.4. The van der Waals surface area contributed by atoms with Gasteiger partial charge in [0, 0.05) is 42.9 Å². The summed E-state index contributed by atoms with van der Waals surface area (Å²) in [6, 6.07) is 0.572. The van der Waals surface area contributed by atoms with Gasteiger partial charge >= 0.3 is 0 Å². The molecular formula is C37H65N3O2. The molecule has 2 unspecified atom stereocenters. The van der Waals surface area contributed by atoms with E-state index >= 15 is 0 Å². The molecule has 0 bridgehead atoms. The van der Waals surface area contributed by atoms with E-state index in [1.165, 1.54) is 145 Å². The Hall–Kier alpha value is -1.59. The number of aromatic nitrogens is 1. The number of nitrogens with one attached hydrogen (secondary N) is 3. The van der Waals surface area contributed by atoms with Gasteiger partial charge in [-0.3, -0.25) is 4.79 Å². The van der Waals surface area contributed by atoms with Crippen LogP contribution in [-0.4, -0.2) is 42.2 Å². The van der Waals surface area contributed by atoms with Crippen molar-refractivity contribution in [1.29, 1.82) is 0 Å². The lowest BCUT2D eigenvalue weighted by Crippen LogP contribution is -2.58. The van der Waals surface area contributed by atoms with Crippen LogP contribution in [0.1, 0.15) is 161 Å². The number of ether oxygens (including phenoxy) is 1. The van der Waals surface area contributed by atoms with E-state index in [9.17, 15) is 4.79 Å². The number of amides is 1. The van der Waals surface area contributed by atoms with Crippen molar-refractivity contribution >= 4 is 18.1 Å². The molecule has 0 radical (unpaired) electrons. The Labute approximate surface area is 258 Å². The molecule has 3 rings (SSSR count). The molecule has 1 heterocycles. The zero-order valence-corrected chi connectivity index (χ0v) is 27.7. The number of H-pyrrole nitrogens is 1. The van der Waals surface area contributed by atoms with Crippen LogP contribution in [0.5, 0.6) is 0 Å². The number of hydrogen-bond acceptors (Lipinski definition) is 3. The maximum atomic E-state index is 12.4. The number of aromatic amines is 1. The summed E-state index contributed by atoms with van der Waals surface area (Å²) in [5.41, 5.74) is 1.05. The smallest absolute Gasteiger partial charge is 0.220 e. The van der Waals surface area contributed by atoms with Gasteiger partial charge in [0.1, 0.15) is 0 Å².